The fraction of sp³-hybridized carbons (Fsp3) is 0.333. The van der Waals surface area contributed by atoms with Crippen LogP contribution in [0.5, 0.6) is 11.8 Å². The monoisotopic (exact) mass is 373 g/mol. The van der Waals surface area contributed by atoms with Gasteiger partial charge in [-0.05, 0) is 32.0 Å². The molecule has 0 atom stereocenters. The lowest BCUT2D eigenvalue weighted by Crippen LogP contribution is -2.19. The van der Waals surface area contributed by atoms with Crippen molar-refractivity contribution in [1.29, 1.82) is 0 Å². The number of nitrogens with one attached hydrogen (secondary N) is 1. The van der Waals surface area contributed by atoms with E-state index in [1.807, 2.05) is 0 Å². The second-order valence-electron chi connectivity index (χ2n) is 5.38. The Morgan fingerprint density at radius 2 is 1.63 bits per heavy atom. The van der Waals surface area contributed by atoms with Crippen LogP contribution < -0.4 is 14.8 Å². The van der Waals surface area contributed by atoms with Crippen molar-refractivity contribution in [3.05, 3.63) is 30.0 Å². The lowest BCUT2D eigenvalue weighted by molar-refractivity contribution is -0.146. The summed E-state index contributed by atoms with van der Waals surface area (Å²) in [5, 5.41) is 2.89. The lowest BCUT2D eigenvalue weighted by atomic mass is 10.2. The number of nitrogens with zero attached hydrogens (tertiary/aromatic N) is 2. The van der Waals surface area contributed by atoms with Gasteiger partial charge in [-0.3, -0.25) is 0 Å². The van der Waals surface area contributed by atoms with Gasteiger partial charge in [0, 0.05) is 11.9 Å². The predicted octanol–water partition coefficient (Wildman–Crippen LogP) is 1.82. The molecular formula is C18H19N3O6. The molecule has 9 heteroatoms. The van der Waals surface area contributed by atoms with Crippen molar-refractivity contribution in [2.75, 3.05) is 31.7 Å². The van der Waals surface area contributed by atoms with Crippen LogP contribution in [0, 0.1) is 0 Å². The van der Waals surface area contributed by atoms with E-state index in [-0.39, 0.29) is 18.8 Å². The van der Waals surface area contributed by atoms with Crippen LogP contribution >= 0.6 is 0 Å². The number of hydrogen-bond acceptors (Lipinski definition) is 9. The summed E-state index contributed by atoms with van der Waals surface area (Å²) in [4.78, 5) is 32.7. The molecule has 0 aliphatic carbocycles. The fourth-order valence-corrected chi connectivity index (χ4v) is 2.35. The molecule has 1 aromatic carbocycles. The molecule has 0 saturated carbocycles. The van der Waals surface area contributed by atoms with Crippen LogP contribution in [0.3, 0.4) is 0 Å². The quantitative estimate of drug-likeness (QED) is 0.351. The molecule has 3 rings (SSSR count). The first-order valence-electron chi connectivity index (χ1n) is 8.50. The molecule has 0 saturated heterocycles. The number of carbonyl (C=O) groups is 2. The summed E-state index contributed by atoms with van der Waals surface area (Å²) >= 11 is 0. The maximum absolute atomic E-state index is 12.0. The molecule has 142 valence electrons. The summed E-state index contributed by atoms with van der Waals surface area (Å²) in [7, 11) is 0. The van der Waals surface area contributed by atoms with Gasteiger partial charge in [0.05, 0.1) is 24.2 Å². The van der Waals surface area contributed by atoms with Gasteiger partial charge in [0.2, 0.25) is 0 Å². The van der Waals surface area contributed by atoms with Gasteiger partial charge in [-0.1, -0.05) is 0 Å². The molecule has 0 spiro atoms. The van der Waals surface area contributed by atoms with Crippen LogP contribution in [0.1, 0.15) is 13.8 Å². The molecule has 9 nitrogen and oxygen atoms in total. The minimum Gasteiger partial charge on any atom is -0.470 e. The van der Waals surface area contributed by atoms with E-state index in [1.165, 1.54) is 6.20 Å². The number of benzene rings is 1. The zero-order valence-electron chi connectivity index (χ0n) is 15.0. The number of fused-ring (bicyclic) bond motifs is 2. The second-order valence-corrected chi connectivity index (χ2v) is 5.38. The molecular weight excluding hydrogens is 354 g/mol. The summed E-state index contributed by atoms with van der Waals surface area (Å²) in [5.74, 6) is -0.825. The summed E-state index contributed by atoms with van der Waals surface area (Å²) in [6.07, 6.45) is 1.25. The third-order valence-corrected chi connectivity index (χ3v) is 3.54. The number of anilines is 1. The van der Waals surface area contributed by atoms with E-state index < -0.39 is 11.9 Å². The van der Waals surface area contributed by atoms with Gasteiger partial charge in [0.15, 0.2) is 5.57 Å². The molecule has 0 radical (unpaired) electrons. The average Bonchev–Trinajstić information content (AvgIpc) is 2.67. The van der Waals surface area contributed by atoms with Crippen molar-refractivity contribution in [1.82, 2.24) is 9.97 Å². The van der Waals surface area contributed by atoms with Gasteiger partial charge in [-0.2, -0.15) is 0 Å². The van der Waals surface area contributed by atoms with Gasteiger partial charge in [0.1, 0.15) is 13.2 Å². The van der Waals surface area contributed by atoms with Gasteiger partial charge in [-0.25, -0.2) is 19.6 Å². The molecule has 2 heterocycles. The van der Waals surface area contributed by atoms with Crippen molar-refractivity contribution in [2.45, 2.75) is 13.8 Å². The van der Waals surface area contributed by atoms with Crippen molar-refractivity contribution in [2.24, 2.45) is 0 Å². The maximum Gasteiger partial charge on any atom is 0.347 e. The van der Waals surface area contributed by atoms with Crippen LogP contribution in [-0.2, 0) is 19.1 Å². The average molecular weight is 373 g/mol. The highest BCUT2D eigenvalue weighted by Crippen LogP contribution is 2.29. The Bertz CT molecular complexity index is 876. The molecule has 0 fully saturated rings. The number of rotatable bonds is 6. The van der Waals surface area contributed by atoms with E-state index in [2.05, 4.69) is 15.3 Å². The first-order valence-corrected chi connectivity index (χ1v) is 8.50. The zero-order chi connectivity index (χ0) is 19.2. The van der Waals surface area contributed by atoms with E-state index >= 15 is 0 Å². The molecule has 0 unspecified atom stereocenters. The van der Waals surface area contributed by atoms with E-state index in [0.29, 0.717) is 41.7 Å². The maximum atomic E-state index is 12.0. The van der Waals surface area contributed by atoms with Gasteiger partial charge >= 0.3 is 11.9 Å². The molecule has 1 N–H and O–H groups in total. The number of ether oxygens (including phenoxy) is 4. The fourth-order valence-electron chi connectivity index (χ4n) is 2.35. The van der Waals surface area contributed by atoms with Gasteiger partial charge in [-0.15, -0.1) is 0 Å². The van der Waals surface area contributed by atoms with Crippen molar-refractivity contribution < 1.29 is 28.5 Å². The Morgan fingerprint density at radius 1 is 1.04 bits per heavy atom. The topological polar surface area (TPSA) is 109 Å². The van der Waals surface area contributed by atoms with E-state index in [0.717, 1.165) is 0 Å². The molecule has 0 amide bonds. The Morgan fingerprint density at radius 3 is 2.22 bits per heavy atom. The number of hydrogen-bond donors (Lipinski definition) is 1. The molecule has 0 bridgehead atoms. The Balaban J connectivity index is 1.86. The molecule has 1 aliphatic heterocycles. The van der Waals surface area contributed by atoms with Crippen LogP contribution in [0.2, 0.25) is 0 Å². The summed E-state index contributed by atoms with van der Waals surface area (Å²) < 4.78 is 20.6. The molecule has 1 aromatic heterocycles. The van der Waals surface area contributed by atoms with Crippen molar-refractivity contribution >= 4 is 28.7 Å². The minimum absolute atomic E-state index is 0.147. The molecule has 27 heavy (non-hydrogen) atoms. The van der Waals surface area contributed by atoms with E-state index in [4.69, 9.17) is 18.9 Å². The smallest absolute Gasteiger partial charge is 0.347 e. The summed E-state index contributed by atoms with van der Waals surface area (Å²) in [6, 6.07) is 5.19. The number of carbonyl (C=O) groups excluding carboxylic acids is 2. The highest BCUT2D eigenvalue weighted by molar-refractivity contribution is 6.14. The summed E-state index contributed by atoms with van der Waals surface area (Å²) in [5.41, 5.74) is 1.57. The Labute approximate surface area is 155 Å². The SMILES string of the molecule is CCOC(=O)C(=CNc1ccc2nc3c(nc2c1)OCCO3)C(=O)OCC. The first kappa shape index (κ1) is 18.4. The summed E-state index contributed by atoms with van der Waals surface area (Å²) in [6.45, 7) is 4.45. The zero-order valence-corrected chi connectivity index (χ0v) is 15.0. The number of aromatic nitrogens is 2. The standard InChI is InChI=1S/C18H19N3O6/c1-3-24-17(22)12(18(23)25-4-2)10-19-11-5-6-13-14(9-11)21-16-15(20-13)26-7-8-27-16/h5-6,9-10,19H,3-4,7-8H2,1-2H3. The first-order chi connectivity index (χ1) is 13.1. The van der Waals surface area contributed by atoms with Crippen LogP contribution in [-0.4, -0.2) is 48.3 Å². The third-order valence-electron chi connectivity index (χ3n) is 3.54. The second kappa shape index (κ2) is 8.35. The molecule has 1 aliphatic rings. The number of esters is 2. The van der Waals surface area contributed by atoms with Crippen LogP contribution in [0.4, 0.5) is 5.69 Å². The normalized spacial score (nSPS) is 12.2. The van der Waals surface area contributed by atoms with Crippen molar-refractivity contribution in [3.8, 4) is 11.8 Å². The van der Waals surface area contributed by atoms with E-state index in [9.17, 15) is 9.59 Å². The van der Waals surface area contributed by atoms with Crippen molar-refractivity contribution in [3.63, 3.8) is 0 Å². The predicted molar refractivity (Wildman–Crippen MR) is 95.5 cm³/mol. The minimum atomic E-state index is -0.761. The largest absolute Gasteiger partial charge is 0.470 e. The Hall–Kier alpha value is -3.36. The molecule has 2 aromatic rings. The van der Waals surface area contributed by atoms with Crippen LogP contribution in [0.15, 0.2) is 30.0 Å². The van der Waals surface area contributed by atoms with E-state index in [1.54, 1.807) is 32.0 Å². The highest BCUT2D eigenvalue weighted by Gasteiger charge is 2.21. The van der Waals surface area contributed by atoms with Gasteiger partial charge in [0.25, 0.3) is 11.8 Å². The van der Waals surface area contributed by atoms with Gasteiger partial charge < -0.3 is 24.3 Å². The third kappa shape index (κ3) is 4.25. The van der Waals surface area contributed by atoms with Crippen LogP contribution in [0.25, 0.3) is 11.0 Å². The highest BCUT2D eigenvalue weighted by atomic mass is 16.6. The Kier molecular flexibility index (Phi) is 5.70. The lowest BCUT2D eigenvalue weighted by Gasteiger charge is -2.16.